The van der Waals surface area contributed by atoms with Gasteiger partial charge in [0.25, 0.3) is 10.0 Å². The van der Waals surface area contributed by atoms with Gasteiger partial charge in [-0.05, 0) is 12.5 Å². The maximum Gasteiger partial charge on any atom is 0.342 e. The van der Waals surface area contributed by atoms with Gasteiger partial charge in [-0.25, -0.2) is 13.2 Å². The Bertz CT molecular complexity index is 815. The third-order valence-electron chi connectivity index (χ3n) is 3.63. The summed E-state index contributed by atoms with van der Waals surface area (Å²) < 4.78 is 33.4. The Hall–Kier alpha value is -2.19. The van der Waals surface area contributed by atoms with Crippen molar-refractivity contribution in [2.45, 2.75) is 25.0 Å². The number of esters is 1. The Morgan fingerprint density at radius 3 is 2.70 bits per heavy atom. The SMILES string of the molecule is CCOC(=O)c1cnn2c1S(=O)(=O)N(Cc1ccccc1)CC2. The van der Waals surface area contributed by atoms with Crippen molar-refractivity contribution < 1.29 is 17.9 Å². The highest BCUT2D eigenvalue weighted by Crippen LogP contribution is 2.26. The van der Waals surface area contributed by atoms with E-state index in [4.69, 9.17) is 4.74 Å². The lowest BCUT2D eigenvalue weighted by molar-refractivity contribution is 0.0520. The Kier molecular flexibility index (Phi) is 4.18. The summed E-state index contributed by atoms with van der Waals surface area (Å²) in [4.78, 5) is 12.0. The van der Waals surface area contributed by atoms with E-state index in [1.165, 1.54) is 15.2 Å². The van der Waals surface area contributed by atoms with Gasteiger partial charge in [0.05, 0.1) is 19.3 Å². The minimum atomic E-state index is -3.80. The summed E-state index contributed by atoms with van der Waals surface area (Å²) in [6.45, 7) is 2.83. The Balaban J connectivity index is 1.96. The monoisotopic (exact) mass is 335 g/mol. The van der Waals surface area contributed by atoms with Crippen LogP contribution >= 0.6 is 0 Å². The van der Waals surface area contributed by atoms with Gasteiger partial charge in [0.1, 0.15) is 5.56 Å². The molecule has 23 heavy (non-hydrogen) atoms. The predicted molar refractivity (Wildman–Crippen MR) is 82.2 cm³/mol. The van der Waals surface area contributed by atoms with Gasteiger partial charge in [0.15, 0.2) is 5.03 Å². The molecule has 0 fully saturated rings. The van der Waals surface area contributed by atoms with Gasteiger partial charge in [-0.3, -0.25) is 4.68 Å². The largest absolute Gasteiger partial charge is 0.462 e. The molecule has 7 nitrogen and oxygen atoms in total. The van der Waals surface area contributed by atoms with Crippen molar-refractivity contribution >= 4 is 16.0 Å². The molecule has 1 aliphatic rings. The molecular weight excluding hydrogens is 318 g/mol. The highest BCUT2D eigenvalue weighted by atomic mass is 32.2. The molecule has 8 heteroatoms. The first kappa shape index (κ1) is 15.7. The molecule has 0 aliphatic carbocycles. The first-order chi connectivity index (χ1) is 11.0. The molecule has 0 atom stereocenters. The van der Waals surface area contributed by atoms with Gasteiger partial charge in [0, 0.05) is 13.1 Å². The molecule has 0 radical (unpaired) electrons. The summed E-state index contributed by atoms with van der Waals surface area (Å²) in [7, 11) is -3.80. The van der Waals surface area contributed by atoms with Crippen LogP contribution in [0, 0.1) is 0 Å². The van der Waals surface area contributed by atoms with Crippen molar-refractivity contribution in [2.24, 2.45) is 0 Å². The Morgan fingerprint density at radius 1 is 1.26 bits per heavy atom. The van der Waals surface area contributed by atoms with Crippen LogP contribution in [0.3, 0.4) is 0 Å². The van der Waals surface area contributed by atoms with E-state index >= 15 is 0 Å². The van der Waals surface area contributed by atoms with Crippen LogP contribution in [-0.4, -0.2) is 41.6 Å². The molecule has 0 unspecified atom stereocenters. The summed E-state index contributed by atoms with van der Waals surface area (Å²) in [5.74, 6) is -0.668. The van der Waals surface area contributed by atoms with Gasteiger partial charge >= 0.3 is 5.97 Å². The van der Waals surface area contributed by atoms with Crippen LogP contribution in [0.4, 0.5) is 0 Å². The summed E-state index contributed by atoms with van der Waals surface area (Å²) in [5, 5.41) is 3.92. The minimum Gasteiger partial charge on any atom is -0.462 e. The van der Waals surface area contributed by atoms with Crippen LogP contribution in [0.25, 0.3) is 0 Å². The van der Waals surface area contributed by atoms with Gasteiger partial charge in [-0.2, -0.15) is 9.40 Å². The summed E-state index contributed by atoms with van der Waals surface area (Å²) in [5.41, 5.74) is 0.881. The summed E-state index contributed by atoms with van der Waals surface area (Å²) in [6.07, 6.45) is 1.26. The first-order valence-corrected chi connectivity index (χ1v) is 8.75. The minimum absolute atomic E-state index is 0.00962. The number of aromatic nitrogens is 2. The van der Waals surface area contributed by atoms with E-state index in [1.807, 2.05) is 30.3 Å². The van der Waals surface area contributed by atoms with E-state index in [1.54, 1.807) is 6.92 Å². The van der Waals surface area contributed by atoms with E-state index in [9.17, 15) is 13.2 Å². The van der Waals surface area contributed by atoms with Crippen LogP contribution in [0.2, 0.25) is 0 Å². The first-order valence-electron chi connectivity index (χ1n) is 7.31. The van der Waals surface area contributed by atoms with Gasteiger partial charge < -0.3 is 4.74 Å². The maximum atomic E-state index is 12.9. The number of carbonyl (C=O) groups excluding carboxylic acids is 1. The molecule has 1 aromatic heterocycles. The molecular formula is C15H17N3O4S. The van der Waals surface area contributed by atoms with E-state index in [2.05, 4.69) is 5.10 Å². The fourth-order valence-corrected chi connectivity index (χ4v) is 4.26. The second-order valence-corrected chi connectivity index (χ2v) is 6.98. The van der Waals surface area contributed by atoms with Crippen LogP contribution < -0.4 is 0 Å². The smallest absolute Gasteiger partial charge is 0.342 e. The van der Waals surface area contributed by atoms with Crippen molar-refractivity contribution in [1.29, 1.82) is 0 Å². The number of benzene rings is 1. The maximum absolute atomic E-state index is 12.9. The second kappa shape index (κ2) is 6.13. The molecule has 0 saturated carbocycles. The number of carbonyl (C=O) groups is 1. The molecule has 0 amide bonds. The normalized spacial score (nSPS) is 16.7. The van der Waals surface area contributed by atoms with E-state index in [-0.39, 0.29) is 23.7 Å². The number of nitrogens with zero attached hydrogens (tertiary/aromatic N) is 3. The lowest BCUT2D eigenvalue weighted by Crippen LogP contribution is -2.40. The van der Waals surface area contributed by atoms with Gasteiger partial charge in [0.2, 0.25) is 0 Å². The molecule has 0 bridgehead atoms. The lowest BCUT2D eigenvalue weighted by atomic mass is 10.2. The zero-order chi connectivity index (χ0) is 16.4. The third-order valence-corrected chi connectivity index (χ3v) is 5.54. The topological polar surface area (TPSA) is 81.5 Å². The van der Waals surface area contributed by atoms with Crippen molar-refractivity contribution in [1.82, 2.24) is 14.1 Å². The average Bonchev–Trinajstić information content (AvgIpc) is 2.97. The van der Waals surface area contributed by atoms with Crippen LogP contribution in [0.15, 0.2) is 41.6 Å². The lowest BCUT2D eigenvalue weighted by Gasteiger charge is -2.27. The fraction of sp³-hybridized carbons (Fsp3) is 0.333. The molecule has 3 rings (SSSR count). The van der Waals surface area contributed by atoms with Gasteiger partial charge in [-0.15, -0.1) is 0 Å². The molecule has 0 spiro atoms. The number of ether oxygens (including phenoxy) is 1. The third kappa shape index (κ3) is 2.87. The molecule has 0 saturated heterocycles. The zero-order valence-electron chi connectivity index (χ0n) is 12.7. The number of rotatable bonds is 4. The van der Waals surface area contributed by atoms with Crippen molar-refractivity contribution in [2.75, 3.05) is 13.2 Å². The number of hydrogen-bond donors (Lipinski definition) is 0. The van der Waals surface area contributed by atoms with E-state index < -0.39 is 16.0 Å². The van der Waals surface area contributed by atoms with E-state index in [0.717, 1.165) is 5.56 Å². The zero-order valence-corrected chi connectivity index (χ0v) is 13.5. The molecule has 1 aliphatic heterocycles. The van der Waals surface area contributed by atoms with Crippen LogP contribution in [0.5, 0.6) is 0 Å². The second-order valence-electron chi connectivity index (χ2n) is 5.13. The quantitative estimate of drug-likeness (QED) is 0.786. The van der Waals surface area contributed by atoms with Crippen LogP contribution in [-0.2, 0) is 27.8 Å². The molecule has 2 heterocycles. The highest BCUT2D eigenvalue weighted by molar-refractivity contribution is 7.89. The Labute approximate surface area is 134 Å². The molecule has 0 N–H and O–H groups in total. The highest BCUT2D eigenvalue weighted by Gasteiger charge is 2.37. The summed E-state index contributed by atoms with van der Waals surface area (Å²) in [6, 6.07) is 9.34. The average molecular weight is 335 g/mol. The summed E-state index contributed by atoms with van der Waals surface area (Å²) >= 11 is 0. The molecule has 122 valence electrons. The Morgan fingerprint density at radius 2 is 2.00 bits per heavy atom. The molecule has 2 aromatic rings. The predicted octanol–water partition coefficient (Wildman–Crippen LogP) is 1.26. The fourth-order valence-electron chi connectivity index (χ4n) is 2.55. The van der Waals surface area contributed by atoms with Crippen LogP contribution in [0.1, 0.15) is 22.8 Å². The number of sulfonamides is 1. The standard InChI is InChI=1S/C15H17N3O4S/c1-2-22-15(19)13-10-16-18-9-8-17(23(20,21)14(13)18)11-12-6-4-3-5-7-12/h3-7,10H,2,8-9,11H2,1H3. The van der Waals surface area contributed by atoms with Gasteiger partial charge in [-0.1, -0.05) is 30.3 Å². The number of fused-ring (bicyclic) bond motifs is 1. The van der Waals surface area contributed by atoms with Crippen molar-refractivity contribution in [3.8, 4) is 0 Å². The number of hydrogen-bond acceptors (Lipinski definition) is 5. The van der Waals surface area contributed by atoms with E-state index in [0.29, 0.717) is 13.1 Å². The van der Waals surface area contributed by atoms with Crippen molar-refractivity contribution in [3.05, 3.63) is 47.7 Å². The van der Waals surface area contributed by atoms with Crippen molar-refractivity contribution in [3.63, 3.8) is 0 Å². The molecule has 1 aromatic carbocycles.